The Morgan fingerprint density at radius 3 is 2.64 bits per heavy atom. The minimum absolute atomic E-state index is 0.0484. The Kier molecular flexibility index (Phi) is 6.39. The first-order valence-electron chi connectivity index (χ1n) is 7.39. The van der Waals surface area contributed by atoms with Crippen LogP contribution in [0.1, 0.15) is 36.8 Å². The van der Waals surface area contributed by atoms with E-state index < -0.39 is 0 Å². The van der Waals surface area contributed by atoms with Crippen LogP contribution in [0.4, 0.5) is 0 Å². The summed E-state index contributed by atoms with van der Waals surface area (Å²) < 4.78 is 0.843. The molecule has 1 heterocycles. The van der Waals surface area contributed by atoms with E-state index in [4.69, 9.17) is 0 Å². The lowest BCUT2D eigenvalue weighted by Gasteiger charge is -2.17. The van der Waals surface area contributed by atoms with Crippen molar-refractivity contribution in [3.8, 4) is 0 Å². The molecule has 2 aromatic rings. The summed E-state index contributed by atoms with van der Waals surface area (Å²) in [4.78, 5) is 12.2. The first kappa shape index (κ1) is 17.0. The lowest BCUT2D eigenvalue weighted by molar-refractivity contribution is -0.120. The predicted octanol–water partition coefficient (Wildman–Crippen LogP) is 3.64. The first-order valence-corrected chi connectivity index (χ1v) is 9.09. The number of carbonyl (C=O) groups is 1. The smallest absolute Gasteiger partial charge is 0.233 e. The monoisotopic (exact) mass is 335 g/mol. The van der Waals surface area contributed by atoms with Crippen LogP contribution < -0.4 is 5.32 Å². The van der Waals surface area contributed by atoms with Crippen LogP contribution in [0.25, 0.3) is 0 Å². The van der Waals surface area contributed by atoms with E-state index in [2.05, 4.69) is 34.6 Å². The average molecular weight is 335 g/mol. The van der Waals surface area contributed by atoms with Gasteiger partial charge in [-0.1, -0.05) is 60.4 Å². The van der Waals surface area contributed by atoms with Gasteiger partial charge in [-0.25, -0.2) is 0 Å². The Labute approximate surface area is 139 Å². The molecule has 1 amide bonds. The second kappa shape index (κ2) is 8.29. The van der Waals surface area contributed by atoms with Crippen molar-refractivity contribution in [2.45, 2.75) is 42.7 Å². The van der Waals surface area contributed by atoms with Gasteiger partial charge in [0.05, 0.1) is 5.25 Å². The molecule has 0 saturated heterocycles. The zero-order valence-electron chi connectivity index (χ0n) is 13.1. The number of thioether (sulfide) groups is 1. The van der Waals surface area contributed by atoms with Crippen LogP contribution in [0.15, 0.2) is 34.7 Å². The molecule has 1 aromatic carbocycles. The van der Waals surface area contributed by atoms with E-state index >= 15 is 0 Å². The van der Waals surface area contributed by atoms with Gasteiger partial charge in [-0.3, -0.25) is 4.79 Å². The van der Waals surface area contributed by atoms with Crippen LogP contribution in [0.5, 0.6) is 0 Å². The third-order valence-corrected chi connectivity index (χ3v) is 5.46. The molecule has 0 aliphatic heterocycles. The molecule has 1 aromatic heterocycles. The maximum absolute atomic E-state index is 12.2. The largest absolute Gasteiger partial charge is 0.355 e. The number of benzene rings is 1. The van der Waals surface area contributed by atoms with Gasteiger partial charge in [-0.2, -0.15) is 0 Å². The lowest BCUT2D eigenvalue weighted by Crippen LogP contribution is -2.34. The van der Waals surface area contributed by atoms with E-state index in [-0.39, 0.29) is 11.2 Å². The van der Waals surface area contributed by atoms with E-state index in [9.17, 15) is 4.79 Å². The summed E-state index contributed by atoms with van der Waals surface area (Å²) in [6.45, 7) is 6.63. The fourth-order valence-corrected chi connectivity index (χ4v) is 4.11. The van der Waals surface area contributed by atoms with Crippen molar-refractivity contribution in [3.63, 3.8) is 0 Å². The molecular formula is C16H21N3OS2. The number of aryl methyl sites for hydroxylation is 1. The molecule has 0 radical (unpaired) electrons. The Morgan fingerprint density at radius 2 is 2.05 bits per heavy atom. The van der Waals surface area contributed by atoms with E-state index in [1.807, 2.05) is 32.0 Å². The summed E-state index contributed by atoms with van der Waals surface area (Å²) in [5, 5.41) is 11.8. The van der Waals surface area contributed by atoms with Crippen LogP contribution in [0, 0.1) is 6.92 Å². The Bertz CT molecular complexity index is 600. The predicted molar refractivity (Wildman–Crippen MR) is 92.4 cm³/mol. The standard InChI is InChI=1S/C16H21N3OS2/c1-4-13(14-8-6-5-7-9-14)10-17-15(20)11(2)21-16-19-18-12(3)22-16/h5-9,11,13H,4,10H2,1-3H3,(H,17,20)/t11-,13-/m1/s1. The highest BCUT2D eigenvalue weighted by Gasteiger charge is 2.18. The zero-order chi connectivity index (χ0) is 15.9. The normalized spacial score (nSPS) is 13.6. The third kappa shape index (κ3) is 4.81. The highest BCUT2D eigenvalue weighted by Crippen LogP contribution is 2.26. The topological polar surface area (TPSA) is 54.9 Å². The number of carbonyl (C=O) groups excluding carboxylic acids is 1. The zero-order valence-corrected chi connectivity index (χ0v) is 14.7. The van der Waals surface area contributed by atoms with E-state index in [1.165, 1.54) is 28.7 Å². The van der Waals surface area contributed by atoms with Crippen LogP contribution in [-0.4, -0.2) is 27.9 Å². The number of rotatable bonds is 7. The van der Waals surface area contributed by atoms with Gasteiger partial charge in [0.2, 0.25) is 5.91 Å². The number of aromatic nitrogens is 2. The summed E-state index contributed by atoms with van der Waals surface area (Å²) in [7, 11) is 0. The minimum atomic E-state index is -0.166. The van der Waals surface area contributed by atoms with Crippen molar-refractivity contribution in [2.75, 3.05) is 6.54 Å². The van der Waals surface area contributed by atoms with Crippen molar-refractivity contribution in [1.82, 2.24) is 15.5 Å². The number of nitrogens with zero attached hydrogens (tertiary/aromatic N) is 2. The Balaban J connectivity index is 1.85. The molecule has 118 valence electrons. The number of nitrogens with one attached hydrogen (secondary N) is 1. The van der Waals surface area contributed by atoms with Gasteiger partial charge >= 0.3 is 0 Å². The van der Waals surface area contributed by atoms with Gasteiger partial charge in [0.15, 0.2) is 4.34 Å². The van der Waals surface area contributed by atoms with Crippen LogP contribution in [0.3, 0.4) is 0 Å². The number of amides is 1. The quantitative estimate of drug-likeness (QED) is 0.785. The molecule has 6 heteroatoms. The SMILES string of the molecule is CC[C@H](CNC(=O)[C@@H](C)Sc1nnc(C)s1)c1ccccc1. The molecule has 1 N–H and O–H groups in total. The molecule has 0 aliphatic carbocycles. The Morgan fingerprint density at radius 1 is 1.32 bits per heavy atom. The van der Waals surface area contributed by atoms with E-state index in [1.54, 1.807) is 0 Å². The molecule has 0 bridgehead atoms. The van der Waals surface area contributed by atoms with Crippen molar-refractivity contribution in [3.05, 3.63) is 40.9 Å². The maximum atomic E-state index is 12.2. The summed E-state index contributed by atoms with van der Waals surface area (Å²) >= 11 is 2.98. The summed E-state index contributed by atoms with van der Waals surface area (Å²) in [6.07, 6.45) is 1.00. The van der Waals surface area contributed by atoms with Crippen LogP contribution in [0.2, 0.25) is 0 Å². The fraction of sp³-hybridized carbons (Fsp3) is 0.438. The summed E-state index contributed by atoms with van der Waals surface area (Å²) in [6, 6.07) is 10.3. The highest BCUT2D eigenvalue weighted by atomic mass is 32.2. The molecule has 2 atom stereocenters. The molecule has 4 nitrogen and oxygen atoms in total. The first-order chi connectivity index (χ1) is 10.6. The minimum Gasteiger partial charge on any atom is -0.355 e. The van der Waals surface area contributed by atoms with Gasteiger partial charge in [-0.15, -0.1) is 10.2 Å². The molecule has 0 saturated carbocycles. The summed E-state index contributed by atoms with van der Waals surface area (Å²) in [5.74, 6) is 0.401. The fourth-order valence-electron chi connectivity index (χ4n) is 2.12. The van der Waals surface area contributed by atoms with Gasteiger partial charge < -0.3 is 5.32 Å². The molecule has 0 fully saturated rings. The van der Waals surface area contributed by atoms with Gasteiger partial charge in [-0.05, 0) is 25.8 Å². The van der Waals surface area contributed by atoms with Gasteiger partial charge in [0.1, 0.15) is 5.01 Å². The number of hydrogen-bond donors (Lipinski definition) is 1. The summed E-state index contributed by atoms with van der Waals surface area (Å²) in [5.41, 5.74) is 1.27. The molecular weight excluding hydrogens is 314 g/mol. The lowest BCUT2D eigenvalue weighted by atomic mass is 9.96. The van der Waals surface area contributed by atoms with Crippen molar-refractivity contribution in [1.29, 1.82) is 0 Å². The number of hydrogen-bond acceptors (Lipinski definition) is 5. The van der Waals surface area contributed by atoms with Crippen molar-refractivity contribution in [2.24, 2.45) is 0 Å². The second-order valence-electron chi connectivity index (χ2n) is 5.11. The molecule has 0 spiro atoms. The third-order valence-electron chi connectivity index (χ3n) is 3.44. The maximum Gasteiger partial charge on any atom is 0.233 e. The molecule has 2 rings (SSSR count). The van der Waals surface area contributed by atoms with Gasteiger partial charge in [0.25, 0.3) is 0 Å². The van der Waals surface area contributed by atoms with Gasteiger partial charge in [0, 0.05) is 12.5 Å². The molecule has 22 heavy (non-hydrogen) atoms. The van der Waals surface area contributed by atoms with Crippen molar-refractivity contribution >= 4 is 29.0 Å². The average Bonchev–Trinajstić information content (AvgIpc) is 2.93. The molecule has 0 aliphatic rings. The van der Waals surface area contributed by atoms with Crippen LogP contribution >= 0.6 is 23.1 Å². The van der Waals surface area contributed by atoms with E-state index in [0.717, 1.165) is 15.8 Å². The second-order valence-corrected chi connectivity index (χ2v) is 7.88. The van der Waals surface area contributed by atoms with Crippen molar-refractivity contribution < 1.29 is 4.79 Å². The highest BCUT2D eigenvalue weighted by molar-refractivity contribution is 8.02. The van der Waals surface area contributed by atoms with E-state index in [0.29, 0.717) is 12.5 Å². The van der Waals surface area contributed by atoms with Crippen LogP contribution in [-0.2, 0) is 4.79 Å². The molecule has 0 unspecified atom stereocenters. The Hall–Kier alpha value is -1.40.